The van der Waals surface area contributed by atoms with Gasteiger partial charge in [-0.3, -0.25) is 4.79 Å². The lowest BCUT2D eigenvalue weighted by atomic mass is 9.88. The monoisotopic (exact) mass is 422 g/mol. The highest BCUT2D eigenvalue weighted by Gasteiger charge is 2.22. The maximum absolute atomic E-state index is 13.4. The van der Waals surface area contributed by atoms with Crippen LogP contribution in [-0.4, -0.2) is 20.4 Å². The quantitative estimate of drug-likeness (QED) is 0.334. The van der Waals surface area contributed by atoms with Crippen LogP contribution in [0.1, 0.15) is 55.1 Å². The van der Waals surface area contributed by atoms with Gasteiger partial charge in [0.1, 0.15) is 5.82 Å². The Morgan fingerprint density at radius 2 is 1.81 bits per heavy atom. The molecule has 2 aromatic carbocycles. The minimum Gasteiger partial charge on any atom is -0.333 e. The molecule has 5 rings (SSSR count). The molecule has 1 fully saturated rings. The maximum Gasteiger partial charge on any atom is 0.282 e. The molecule has 0 atom stereocenters. The SMILES string of the molecule is C#CCn1c(C)c(C=Nn2c(C3CCCCC3)nc3ccccc3c2=O)c2ccccc21. The van der Waals surface area contributed by atoms with Crippen LogP contribution in [0.15, 0.2) is 58.4 Å². The molecule has 5 heteroatoms. The lowest BCUT2D eigenvalue weighted by Gasteiger charge is -2.22. The van der Waals surface area contributed by atoms with E-state index in [0.29, 0.717) is 11.9 Å². The third-order valence-electron chi connectivity index (χ3n) is 6.58. The molecular formula is C27H26N4O. The Kier molecular flexibility index (Phi) is 5.36. The van der Waals surface area contributed by atoms with Gasteiger partial charge in [-0.2, -0.15) is 9.78 Å². The molecule has 0 bridgehead atoms. The van der Waals surface area contributed by atoms with Crippen molar-refractivity contribution in [2.45, 2.75) is 51.5 Å². The van der Waals surface area contributed by atoms with E-state index in [1.165, 1.54) is 11.1 Å². The van der Waals surface area contributed by atoms with E-state index >= 15 is 0 Å². The number of aromatic nitrogens is 3. The Morgan fingerprint density at radius 3 is 2.59 bits per heavy atom. The predicted molar refractivity (Wildman–Crippen MR) is 130 cm³/mol. The second-order valence-electron chi connectivity index (χ2n) is 8.49. The molecule has 1 aliphatic rings. The molecule has 1 saturated carbocycles. The molecule has 0 aliphatic heterocycles. The van der Waals surface area contributed by atoms with Crippen molar-refractivity contribution in [2.75, 3.05) is 0 Å². The molecule has 2 aromatic heterocycles. The first-order chi connectivity index (χ1) is 15.7. The normalized spacial score (nSPS) is 15.0. The van der Waals surface area contributed by atoms with Gasteiger partial charge in [0.25, 0.3) is 5.56 Å². The lowest BCUT2D eigenvalue weighted by molar-refractivity contribution is 0.416. The van der Waals surface area contributed by atoms with E-state index in [2.05, 4.69) is 22.6 Å². The third kappa shape index (κ3) is 3.42. The molecule has 0 radical (unpaired) electrons. The summed E-state index contributed by atoms with van der Waals surface area (Å²) in [5.74, 6) is 3.76. The van der Waals surface area contributed by atoms with Gasteiger partial charge in [-0.15, -0.1) is 6.42 Å². The molecule has 1 aliphatic carbocycles. The average Bonchev–Trinajstić information content (AvgIpc) is 3.10. The van der Waals surface area contributed by atoms with E-state index < -0.39 is 0 Å². The van der Waals surface area contributed by atoms with Gasteiger partial charge in [-0.05, 0) is 38.0 Å². The zero-order valence-electron chi connectivity index (χ0n) is 18.3. The fourth-order valence-electron chi connectivity index (χ4n) is 4.91. The first kappa shape index (κ1) is 20.3. The van der Waals surface area contributed by atoms with Crippen LogP contribution < -0.4 is 5.56 Å². The van der Waals surface area contributed by atoms with Gasteiger partial charge in [0, 0.05) is 28.1 Å². The summed E-state index contributed by atoms with van der Waals surface area (Å²) >= 11 is 0. The predicted octanol–water partition coefficient (Wildman–Crippen LogP) is 5.22. The minimum absolute atomic E-state index is 0.113. The number of rotatable bonds is 4. The van der Waals surface area contributed by atoms with E-state index in [9.17, 15) is 4.79 Å². The van der Waals surface area contributed by atoms with Gasteiger partial charge in [-0.25, -0.2) is 4.98 Å². The van der Waals surface area contributed by atoms with Crippen molar-refractivity contribution < 1.29 is 0 Å². The molecule has 0 amide bonds. The molecule has 32 heavy (non-hydrogen) atoms. The van der Waals surface area contributed by atoms with Gasteiger partial charge < -0.3 is 4.57 Å². The van der Waals surface area contributed by atoms with E-state index in [1.807, 2.05) is 43.3 Å². The number of terminal acetylenes is 1. The number of benzene rings is 2. The topological polar surface area (TPSA) is 52.2 Å². The minimum atomic E-state index is -0.113. The van der Waals surface area contributed by atoms with Gasteiger partial charge in [0.2, 0.25) is 0 Å². The summed E-state index contributed by atoms with van der Waals surface area (Å²) in [6.45, 7) is 2.53. The fourth-order valence-corrected chi connectivity index (χ4v) is 4.91. The third-order valence-corrected chi connectivity index (χ3v) is 6.58. The Balaban J connectivity index is 1.69. The number of hydrogen-bond donors (Lipinski definition) is 0. The van der Waals surface area contributed by atoms with E-state index in [-0.39, 0.29) is 11.5 Å². The number of para-hydroxylation sites is 2. The molecule has 0 saturated heterocycles. The van der Waals surface area contributed by atoms with Crippen LogP contribution in [0.2, 0.25) is 0 Å². The van der Waals surface area contributed by atoms with Crippen LogP contribution >= 0.6 is 0 Å². The molecule has 4 aromatic rings. The maximum atomic E-state index is 13.4. The summed E-state index contributed by atoms with van der Waals surface area (Å²) in [4.78, 5) is 18.4. The molecule has 0 spiro atoms. The van der Waals surface area contributed by atoms with Gasteiger partial charge in [0.05, 0.1) is 23.7 Å². The molecule has 160 valence electrons. The zero-order chi connectivity index (χ0) is 22.1. The first-order valence-corrected chi connectivity index (χ1v) is 11.3. The van der Waals surface area contributed by atoms with Crippen LogP contribution in [0.4, 0.5) is 0 Å². The van der Waals surface area contributed by atoms with Crippen LogP contribution in [0.3, 0.4) is 0 Å². The van der Waals surface area contributed by atoms with Crippen molar-refractivity contribution in [3.8, 4) is 12.3 Å². The second-order valence-corrected chi connectivity index (χ2v) is 8.49. The van der Waals surface area contributed by atoms with Crippen LogP contribution in [-0.2, 0) is 6.54 Å². The summed E-state index contributed by atoms with van der Waals surface area (Å²) < 4.78 is 3.64. The summed E-state index contributed by atoms with van der Waals surface area (Å²) in [5.41, 5.74) is 3.71. The fraction of sp³-hybridized carbons (Fsp3) is 0.296. The molecule has 5 nitrogen and oxygen atoms in total. The summed E-state index contributed by atoms with van der Waals surface area (Å²) in [6.07, 6.45) is 13.1. The number of nitrogens with zero attached hydrogens (tertiary/aromatic N) is 4. The Morgan fingerprint density at radius 1 is 1.09 bits per heavy atom. The largest absolute Gasteiger partial charge is 0.333 e. The summed E-state index contributed by atoms with van der Waals surface area (Å²) in [6, 6.07) is 15.7. The standard InChI is InChI=1S/C27H26N4O/c1-3-17-30-19(2)23(21-13-8-10-16-25(21)30)18-28-31-26(20-11-5-4-6-12-20)29-24-15-9-7-14-22(24)27(31)32/h1,7-10,13-16,18,20H,4-6,11-12,17H2,2H3. The van der Waals surface area contributed by atoms with Crippen LogP contribution in [0, 0.1) is 19.3 Å². The Bertz CT molecular complexity index is 1430. The lowest BCUT2D eigenvalue weighted by Crippen LogP contribution is -2.25. The van der Waals surface area contributed by atoms with E-state index in [0.717, 1.165) is 59.2 Å². The first-order valence-electron chi connectivity index (χ1n) is 11.3. The highest BCUT2D eigenvalue weighted by molar-refractivity contribution is 6.01. The van der Waals surface area contributed by atoms with Crippen LogP contribution in [0.25, 0.3) is 21.8 Å². The van der Waals surface area contributed by atoms with Gasteiger partial charge in [0.15, 0.2) is 0 Å². The highest BCUT2D eigenvalue weighted by atomic mass is 16.1. The van der Waals surface area contributed by atoms with Crippen molar-refractivity contribution >= 4 is 28.0 Å². The van der Waals surface area contributed by atoms with Gasteiger partial charge in [-0.1, -0.05) is 55.5 Å². The summed E-state index contributed by atoms with van der Waals surface area (Å²) in [7, 11) is 0. The van der Waals surface area contributed by atoms with Crippen molar-refractivity contribution in [1.29, 1.82) is 0 Å². The molecule has 0 N–H and O–H groups in total. The second kappa shape index (κ2) is 8.47. The number of hydrogen-bond acceptors (Lipinski definition) is 3. The molecular weight excluding hydrogens is 396 g/mol. The number of fused-ring (bicyclic) bond motifs is 2. The smallest absolute Gasteiger partial charge is 0.282 e. The average molecular weight is 423 g/mol. The van der Waals surface area contributed by atoms with Crippen LogP contribution in [0.5, 0.6) is 0 Å². The van der Waals surface area contributed by atoms with Crippen molar-refractivity contribution in [2.24, 2.45) is 5.10 Å². The summed E-state index contributed by atoms with van der Waals surface area (Å²) in [5, 5.41) is 6.40. The Hall–Kier alpha value is -3.65. The highest BCUT2D eigenvalue weighted by Crippen LogP contribution is 2.32. The van der Waals surface area contributed by atoms with Crippen molar-refractivity contribution in [1.82, 2.24) is 14.2 Å². The Labute approximate surface area is 187 Å². The van der Waals surface area contributed by atoms with Gasteiger partial charge >= 0.3 is 0 Å². The molecule has 0 unspecified atom stereocenters. The van der Waals surface area contributed by atoms with E-state index in [4.69, 9.17) is 16.5 Å². The molecule has 2 heterocycles. The van der Waals surface area contributed by atoms with Crippen molar-refractivity contribution in [3.05, 3.63) is 76.0 Å². The van der Waals surface area contributed by atoms with E-state index in [1.54, 1.807) is 6.21 Å². The zero-order valence-corrected chi connectivity index (χ0v) is 18.3. The van der Waals surface area contributed by atoms with Crippen molar-refractivity contribution in [3.63, 3.8) is 0 Å².